The van der Waals surface area contributed by atoms with Crippen LogP contribution in [0.3, 0.4) is 0 Å². The Labute approximate surface area is 151 Å². The van der Waals surface area contributed by atoms with Gasteiger partial charge in [-0.15, -0.1) is 0 Å². The minimum atomic E-state index is 0.149. The fourth-order valence-corrected chi connectivity index (χ4v) is 4.11. The monoisotopic (exact) mass is 473 g/mol. The van der Waals surface area contributed by atoms with Crippen molar-refractivity contribution in [3.8, 4) is 0 Å². The smallest absolute Gasteiger partial charge is 0.0599 e. The number of halogens is 3. The van der Waals surface area contributed by atoms with E-state index in [1.54, 1.807) is 0 Å². The Morgan fingerprint density at radius 3 is 2.19 bits per heavy atom. The molecule has 2 rings (SSSR count). The molecule has 0 saturated heterocycles. The quantitative estimate of drug-likeness (QED) is 0.548. The molecule has 0 saturated carbocycles. The van der Waals surface area contributed by atoms with Gasteiger partial charge in [0.25, 0.3) is 0 Å². The molecule has 0 aromatic heterocycles. The summed E-state index contributed by atoms with van der Waals surface area (Å²) in [6, 6.07) is 11.0. The van der Waals surface area contributed by atoms with Gasteiger partial charge in [0.05, 0.1) is 6.04 Å². The zero-order valence-corrected chi connectivity index (χ0v) is 17.1. The number of aryl methyl sites for hydroxylation is 2. The molecule has 2 aromatic rings. The number of hydrogen-bond donors (Lipinski definition) is 1. The van der Waals surface area contributed by atoms with Crippen LogP contribution in [0.5, 0.6) is 0 Å². The average Bonchev–Trinajstić information content (AvgIpc) is 2.41. The van der Waals surface area contributed by atoms with Crippen LogP contribution < -0.4 is 5.32 Å². The number of hydrogen-bond acceptors (Lipinski definition) is 1. The highest BCUT2D eigenvalue weighted by molar-refractivity contribution is 9.11. The second-order valence-electron chi connectivity index (χ2n) is 5.14. The van der Waals surface area contributed by atoms with E-state index in [1.807, 2.05) is 0 Å². The second kappa shape index (κ2) is 7.40. The molecule has 2 aromatic carbocycles. The maximum Gasteiger partial charge on any atom is 0.0599 e. The van der Waals surface area contributed by atoms with Gasteiger partial charge in [-0.3, -0.25) is 0 Å². The lowest BCUT2D eigenvalue weighted by molar-refractivity contribution is 0.626. The third kappa shape index (κ3) is 3.98. The Morgan fingerprint density at radius 2 is 1.57 bits per heavy atom. The number of nitrogens with one attached hydrogen (secondary N) is 1. The Balaban J connectivity index is 2.55. The lowest BCUT2D eigenvalue weighted by Crippen LogP contribution is -2.23. The summed E-state index contributed by atoms with van der Waals surface area (Å²) in [5.41, 5.74) is 4.96. The minimum absolute atomic E-state index is 0.149. The van der Waals surface area contributed by atoms with Crippen molar-refractivity contribution in [3.05, 3.63) is 66.0 Å². The molecule has 0 aliphatic carbocycles. The molecule has 0 radical (unpaired) electrons. The van der Waals surface area contributed by atoms with Crippen molar-refractivity contribution in [3.63, 3.8) is 0 Å². The van der Waals surface area contributed by atoms with Gasteiger partial charge in [0.1, 0.15) is 0 Å². The maximum atomic E-state index is 3.71. The minimum Gasteiger partial charge on any atom is -0.306 e. The predicted octanol–water partition coefficient (Wildman–Crippen LogP) is 6.29. The van der Waals surface area contributed by atoms with E-state index < -0.39 is 0 Å². The summed E-state index contributed by atoms with van der Waals surface area (Å²) in [5.74, 6) is 0. The second-order valence-corrected chi connectivity index (χ2v) is 7.70. The van der Waals surface area contributed by atoms with Gasteiger partial charge in [0, 0.05) is 13.4 Å². The third-order valence-electron chi connectivity index (χ3n) is 3.46. The summed E-state index contributed by atoms with van der Waals surface area (Å²) in [6.45, 7) is 7.24. The first-order chi connectivity index (χ1) is 9.93. The van der Waals surface area contributed by atoms with Gasteiger partial charge in [0.15, 0.2) is 0 Å². The zero-order chi connectivity index (χ0) is 15.6. The van der Waals surface area contributed by atoms with Crippen molar-refractivity contribution in [1.82, 2.24) is 5.32 Å². The van der Waals surface area contributed by atoms with E-state index >= 15 is 0 Å². The highest BCUT2D eigenvalue weighted by atomic mass is 79.9. The van der Waals surface area contributed by atoms with Gasteiger partial charge >= 0.3 is 0 Å². The van der Waals surface area contributed by atoms with Gasteiger partial charge in [0.2, 0.25) is 0 Å². The van der Waals surface area contributed by atoms with Crippen molar-refractivity contribution >= 4 is 47.8 Å². The van der Waals surface area contributed by atoms with E-state index in [0.29, 0.717) is 0 Å². The van der Waals surface area contributed by atoms with Crippen LogP contribution in [-0.4, -0.2) is 6.54 Å². The first kappa shape index (κ1) is 17.2. The SMILES string of the molecule is CCNC(c1ccc(C)cc1Br)c1cc(Br)c(C)cc1Br. The molecule has 0 fully saturated rings. The van der Waals surface area contributed by atoms with Crippen molar-refractivity contribution in [2.75, 3.05) is 6.54 Å². The van der Waals surface area contributed by atoms with E-state index in [0.717, 1.165) is 20.0 Å². The maximum absolute atomic E-state index is 3.71. The molecule has 1 N–H and O–H groups in total. The first-order valence-electron chi connectivity index (χ1n) is 6.89. The van der Waals surface area contributed by atoms with E-state index in [4.69, 9.17) is 0 Å². The van der Waals surface area contributed by atoms with Crippen LogP contribution in [0, 0.1) is 13.8 Å². The van der Waals surface area contributed by atoms with E-state index in [2.05, 4.69) is 104 Å². The summed E-state index contributed by atoms with van der Waals surface area (Å²) in [7, 11) is 0. The van der Waals surface area contributed by atoms with Crippen molar-refractivity contribution < 1.29 is 0 Å². The highest BCUT2D eigenvalue weighted by Gasteiger charge is 2.19. The fourth-order valence-electron chi connectivity index (χ4n) is 2.34. The van der Waals surface area contributed by atoms with Gasteiger partial charge in [-0.1, -0.05) is 66.8 Å². The van der Waals surface area contributed by atoms with E-state index in [1.165, 1.54) is 22.3 Å². The van der Waals surface area contributed by atoms with Crippen LogP contribution in [0.4, 0.5) is 0 Å². The molecule has 1 atom stereocenters. The van der Waals surface area contributed by atoms with Gasteiger partial charge < -0.3 is 5.32 Å². The van der Waals surface area contributed by atoms with Crippen molar-refractivity contribution in [2.24, 2.45) is 0 Å². The van der Waals surface area contributed by atoms with Gasteiger partial charge in [-0.25, -0.2) is 0 Å². The third-order valence-corrected chi connectivity index (χ3v) is 5.69. The molecule has 0 spiro atoms. The number of benzene rings is 2. The summed E-state index contributed by atoms with van der Waals surface area (Å²) in [6.07, 6.45) is 0. The molecular weight excluding hydrogens is 458 g/mol. The summed E-state index contributed by atoms with van der Waals surface area (Å²) in [4.78, 5) is 0. The summed E-state index contributed by atoms with van der Waals surface area (Å²) in [5, 5.41) is 3.58. The topological polar surface area (TPSA) is 12.0 Å². The van der Waals surface area contributed by atoms with Crippen molar-refractivity contribution in [1.29, 1.82) is 0 Å². The first-order valence-corrected chi connectivity index (χ1v) is 9.27. The summed E-state index contributed by atoms with van der Waals surface area (Å²) < 4.78 is 3.39. The Morgan fingerprint density at radius 1 is 0.905 bits per heavy atom. The largest absolute Gasteiger partial charge is 0.306 e. The van der Waals surface area contributed by atoms with E-state index in [9.17, 15) is 0 Å². The molecule has 112 valence electrons. The predicted molar refractivity (Wildman–Crippen MR) is 101 cm³/mol. The van der Waals surface area contributed by atoms with E-state index in [-0.39, 0.29) is 6.04 Å². The molecule has 0 bridgehead atoms. The molecular formula is C17H18Br3N. The normalized spacial score (nSPS) is 12.5. The van der Waals surface area contributed by atoms with Crippen molar-refractivity contribution in [2.45, 2.75) is 26.8 Å². The lowest BCUT2D eigenvalue weighted by Gasteiger charge is -2.22. The van der Waals surface area contributed by atoms with Gasteiger partial charge in [-0.05, 0) is 60.8 Å². The van der Waals surface area contributed by atoms with Crippen LogP contribution >= 0.6 is 47.8 Å². The Hall–Kier alpha value is -0.160. The van der Waals surface area contributed by atoms with Crippen LogP contribution in [0.2, 0.25) is 0 Å². The van der Waals surface area contributed by atoms with Crippen LogP contribution in [0.25, 0.3) is 0 Å². The molecule has 0 aliphatic rings. The Bertz CT molecular complexity index is 653. The molecule has 0 heterocycles. The molecule has 4 heteroatoms. The molecule has 21 heavy (non-hydrogen) atoms. The zero-order valence-electron chi connectivity index (χ0n) is 12.3. The molecule has 1 unspecified atom stereocenters. The molecule has 0 amide bonds. The average molecular weight is 476 g/mol. The molecule has 1 nitrogen and oxygen atoms in total. The standard InChI is InChI=1S/C17H18Br3N/c1-4-21-17(12-6-5-10(2)7-15(12)19)13-9-14(18)11(3)8-16(13)20/h5-9,17,21H,4H2,1-3H3. The molecule has 0 aliphatic heterocycles. The fraction of sp³-hybridized carbons (Fsp3) is 0.294. The highest BCUT2D eigenvalue weighted by Crippen LogP contribution is 2.35. The Kier molecular flexibility index (Phi) is 6.06. The van der Waals surface area contributed by atoms with Crippen LogP contribution in [0.1, 0.15) is 35.2 Å². The van der Waals surface area contributed by atoms with Gasteiger partial charge in [-0.2, -0.15) is 0 Å². The number of rotatable bonds is 4. The lowest BCUT2D eigenvalue weighted by atomic mass is 9.97. The summed E-state index contributed by atoms with van der Waals surface area (Å²) >= 11 is 11.1. The van der Waals surface area contributed by atoms with Crippen LogP contribution in [-0.2, 0) is 0 Å². The van der Waals surface area contributed by atoms with Crippen LogP contribution in [0.15, 0.2) is 43.7 Å².